The predicted octanol–water partition coefficient (Wildman–Crippen LogP) is 1.35. The number of alkyl halides is 2. The van der Waals surface area contributed by atoms with Crippen LogP contribution in [0.5, 0.6) is 0 Å². The van der Waals surface area contributed by atoms with Crippen LogP contribution < -0.4 is 10.0 Å². The Hall–Kier alpha value is -1.56. The third kappa shape index (κ3) is 3.80. The number of ether oxygens (including phenoxy) is 1. The highest BCUT2D eigenvalue weighted by molar-refractivity contribution is 7.93. The lowest BCUT2D eigenvalue weighted by atomic mass is 10.0. The summed E-state index contributed by atoms with van der Waals surface area (Å²) in [6.45, 7) is 1.90. The van der Waals surface area contributed by atoms with Gasteiger partial charge in [0.1, 0.15) is 17.1 Å². The molecule has 3 unspecified atom stereocenters. The maximum atomic E-state index is 14.9. The van der Waals surface area contributed by atoms with Gasteiger partial charge in [-0.15, -0.1) is 0 Å². The van der Waals surface area contributed by atoms with E-state index in [1.165, 1.54) is 7.05 Å². The number of rotatable bonds is 5. The highest BCUT2D eigenvalue weighted by Crippen LogP contribution is 2.32. The standard InChI is InChI=1S/C16H19ClF3N3O4S/c1-16(6-27-7-16)22-28(25,26)10-5-23(2)14(13(10)20)15(24)21-9-4-3-8(18)11(17)12(9)19/h4-5,8,13-14,22H,3,6-7H2,1-2H3,(H,21,24). The number of nitrogens with one attached hydrogen (secondary N) is 2. The summed E-state index contributed by atoms with van der Waals surface area (Å²) in [7, 11) is -2.90. The van der Waals surface area contributed by atoms with Crippen molar-refractivity contribution in [2.24, 2.45) is 0 Å². The lowest BCUT2D eigenvalue weighted by Gasteiger charge is -2.38. The van der Waals surface area contributed by atoms with E-state index < -0.39 is 55.6 Å². The number of amides is 1. The summed E-state index contributed by atoms with van der Waals surface area (Å²) in [5.41, 5.74) is -1.23. The summed E-state index contributed by atoms with van der Waals surface area (Å²) in [6.07, 6.45) is -2.05. The number of hydrogen-bond acceptors (Lipinski definition) is 5. The number of carbonyl (C=O) groups is 1. The van der Waals surface area contributed by atoms with Crippen molar-refractivity contribution < 1.29 is 31.1 Å². The first kappa shape index (κ1) is 21.2. The molecule has 7 nitrogen and oxygen atoms in total. The van der Waals surface area contributed by atoms with Crippen LogP contribution in [0.3, 0.4) is 0 Å². The fourth-order valence-corrected chi connectivity index (χ4v) is 4.90. The van der Waals surface area contributed by atoms with Gasteiger partial charge in [-0.1, -0.05) is 17.7 Å². The van der Waals surface area contributed by atoms with Gasteiger partial charge in [0.25, 0.3) is 5.91 Å². The Morgan fingerprint density at radius 1 is 1.39 bits per heavy atom. The minimum Gasteiger partial charge on any atom is -0.377 e. The summed E-state index contributed by atoms with van der Waals surface area (Å²) >= 11 is 5.52. The van der Waals surface area contributed by atoms with Crippen molar-refractivity contribution in [2.45, 2.75) is 37.3 Å². The van der Waals surface area contributed by atoms with Gasteiger partial charge in [-0.2, -0.15) is 0 Å². The van der Waals surface area contributed by atoms with Gasteiger partial charge < -0.3 is 15.0 Å². The van der Waals surface area contributed by atoms with Crippen LogP contribution in [0.25, 0.3) is 0 Å². The molecule has 1 fully saturated rings. The number of hydrogen-bond donors (Lipinski definition) is 2. The Morgan fingerprint density at radius 2 is 2.04 bits per heavy atom. The largest absolute Gasteiger partial charge is 0.377 e. The van der Waals surface area contributed by atoms with Crippen molar-refractivity contribution in [3.05, 3.63) is 33.7 Å². The zero-order chi connectivity index (χ0) is 20.9. The summed E-state index contributed by atoms with van der Waals surface area (Å²) in [5.74, 6) is -2.14. The van der Waals surface area contributed by atoms with Crippen LogP contribution in [0.2, 0.25) is 0 Å². The molecule has 0 saturated carbocycles. The molecule has 1 amide bonds. The second kappa shape index (κ2) is 7.36. The molecule has 3 atom stereocenters. The number of carbonyl (C=O) groups excluding carboxylic acids is 1. The van der Waals surface area contributed by atoms with Crippen LogP contribution in [0.1, 0.15) is 13.3 Å². The number of halogens is 4. The highest BCUT2D eigenvalue weighted by Gasteiger charge is 2.47. The molecule has 0 spiro atoms. The topological polar surface area (TPSA) is 87.7 Å². The van der Waals surface area contributed by atoms with Crippen LogP contribution in [0.4, 0.5) is 13.2 Å². The zero-order valence-electron chi connectivity index (χ0n) is 15.0. The van der Waals surface area contributed by atoms with Gasteiger partial charge in [-0.25, -0.2) is 26.3 Å². The van der Waals surface area contributed by atoms with Gasteiger partial charge in [0.15, 0.2) is 12.0 Å². The molecular weight excluding hydrogens is 423 g/mol. The maximum absolute atomic E-state index is 14.9. The van der Waals surface area contributed by atoms with E-state index in [2.05, 4.69) is 10.0 Å². The molecule has 3 rings (SSSR count). The molecule has 0 aromatic heterocycles. The van der Waals surface area contributed by atoms with Crippen molar-refractivity contribution in [3.8, 4) is 0 Å². The van der Waals surface area contributed by atoms with Crippen molar-refractivity contribution in [1.29, 1.82) is 0 Å². The van der Waals surface area contributed by atoms with Gasteiger partial charge in [0, 0.05) is 19.7 Å². The van der Waals surface area contributed by atoms with E-state index in [0.29, 0.717) is 0 Å². The Morgan fingerprint density at radius 3 is 2.61 bits per heavy atom. The molecular formula is C16H19ClF3N3O4S. The number of allylic oxidation sites excluding steroid dienone is 3. The van der Waals surface area contributed by atoms with Gasteiger partial charge in [0.2, 0.25) is 10.0 Å². The fraction of sp³-hybridized carbons (Fsp3) is 0.562. The molecule has 28 heavy (non-hydrogen) atoms. The highest BCUT2D eigenvalue weighted by atomic mass is 35.5. The van der Waals surface area contributed by atoms with E-state index in [9.17, 15) is 26.4 Å². The predicted molar refractivity (Wildman–Crippen MR) is 95.5 cm³/mol. The summed E-state index contributed by atoms with van der Waals surface area (Å²) < 4.78 is 74.6. The third-order valence-corrected chi connectivity index (χ3v) is 6.74. The van der Waals surface area contributed by atoms with Gasteiger partial charge in [-0.3, -0.25) is 4.79 Å². The van der Waals surface area contributed by atoms with E-state index in [1.54, 1.807) is 6.92 Å². The Balaban J connectivity index is 1.74. The number of nitrogens with zero attached hydrogens (tertiary/aromatic N) is 1. The smallest absolute Gasteiger partial charge is 0.250 e. The first-order valence-corrected chi connectivity index (χ1v) is 10.2. The minimum absolute atomic E-state index is 0.145. The van der Waals surface area contributed by atoms with E-state index in [-0.39, 0.29) is 25.3 Å². The molecule has 0 bridgehead atoms. The molecule has 0 radical (unpaired) electrons. The van der Waals surface area contributed by atoms with Crippen LogP contribution in [0.15, 0.2) is 33.7 Å². The van der Waals surface area contributed by atoms with Crippen molar-refractivity contribution in [3.63, 3.8) is 0 Å². The quantitative estimate of drug-likeness (QED) is 0.672. The van der Waals surface area contributed by atoms with E-state index >= 15 is 0 Å². The zero-order valence-corrected chi connectivity index (χ0v) is 16.6. The number of sulfonamides is 1. The third-order valence-electron chi connectivity index (χ3n) is 4.63. The van der Waals surface area contributed by atoms with E-state index in [4.69, 9.17) is 16.3 Å². The van der Waals surface area contributed by atoms with Gasteiger partial charge in [0.05, 0.1) is 29.5 Å². The SMILES string of the molecule is CN1C=C(S(=O)(=O)NC2(C)COC2)C(F)C1C(=O)NC1=CCC(F)C(Cl)=C1F. The lowest BCUT2D eigenvalue weighted by molar-refractivity contribution is -0.125. The fourth-order valence-electron chi connectivity index (χ4n) is 3.09. The molecule has 3 aliphatic rings. The van der Waals surface area contributed by atoms with E-state index in [0.717, 1.165) is 17.2 Å². The average Bonchev–Trinajstić information content (AvgIpc) is 2.89. The van der Waals surface area contributed by atoms with Crippen molar-refractivity contribution in [2.75, 3.05) is 20.3 Å². The van der Waals surface area contributed by atoms with E-state index in [1.807, 2.05) is 0 Å². The summed E-state index contributed by atoms with van der Waals surface area (Å²) in [4.78, 5) is 12.9. The maximum Gasteiger partial charge on any atom is 0.250 e. The minimum atomic E-state index is -4.22. The molecule has 1 saturated heterocycles. The van der Waals surface area contributed by atoms with Crippen molar-refractivity contribution in [1.82, 2.24) is 14.9 Å². The molecule has 156 valence electrons. The van der Waals surface area contributed by atoms with Crippen LogP contribution in [0, 0.1) is 0 Å². The second-order valence-corrected chi connectivity index (χ2v) is 9.26. The van der Waals surface area contributed by atoms with Gasteiger partial charge in [-0.05, 0) is 6.92 Å². The molecule has 2 N–H and O–H groups in total. The Labute approximate surface area is 165 Å². The Bertz CT molecular complexity index is 886. The molecule has 0 aromatic rings. The summed E-state index contributed by atoms with van der Waals surface area (Å²) in [5, 5.41) is 1.47. The molecule has 1 aliphatic carbocycles. The first-order chi connectivity index (χ1) is 12.9. The van der Waals surface area contributed by atoms with Crippen LogP contribution in [-0.2, 0) is 19.6 Å². The second-order valence-electron chi connectivity index (χ2n) is 7.17. The Kier molecular flexibility index (Phi) is 5.56. The van der Waals surface area contributed by atoms with Crippen LogP contribution >= 0.6 is 11.6 Å². The first-order valence-electron chi connectivity index (χ1n) is 8.35. The molecule has 2 heterocycles. The van der Waals surface area contributed by atoms with Crippen LogP contribution in [-0.4, -0.2) is 63.4 Å². The van der Waals surface area contributed by atoms with Gasteiger partial charge >= 0.3 is 0 Å². The summed E-state index contributed by atoms with van der Waals surface area (Å²) in [6, 6.07) is -1.55. The normalized spacial score (nSPS) is 29.9. The molecule has 0 aromatic carbocycles. The van der Waals surface area contributed by atoms with Crippen molar-refractivity contribution >= 4 is 27.5 Å². The molecule has 12 heteroatoms. The molecule has 2 aliphatic heterocycles. The number of likely N-dealkylation sites (N-methyl/N-ethyl adjacent to an activating group) is 1. The lowest BCUT2D eigenvalue weighted by Crippen LogP contribution is -2.60. The monoisotopic (exact) mass is 441 g/mol. The average molecular weight is 442 g/mol.